The Morgan fingerprint density at radius 2 is 2.00 bits per heavy atom. The van der Waals surface area contributed by atoms with Gasteiger partial charge in [0, 0.05) is 18.0 Å². The summed E-state index contributed by atoms with van der Waals surface area (Å²) in [5.74, 6) is -0.469. The molecule has 2 N–H and O–H groups in total. The van der Waals surface area contributed by atoms with Gasteiger partial charge in [0.1, 0.15) is 5.69 Å². The number of benzene rings is 1. The third-order valence-electron chi connectivity index (χ3n) is 5.83. The van der Waals surface area contributed by atoms with Gasteiger partial charge in [-0.3, -0.25) is 9.59 Å². The SMILES string of the molecule is CSC[C@H](C)NC(=O)c1cc(C#N)cc(C)c1NC(=O)c1cc(Cn2cc(C(F)(F)F)nn2)nn1-c1ncccc1Cl. The Balaban J connectivity index is 1.73. The first-order valence-corrected chi connectivity index (χ1v) is 14.0. The van der Waals surface area contributed by atoms with Gasteiger partial charge in [-0.2, -0.15) is 35.3 Å². The summed E-state index contributed by atoms with van der Waals surface area (Å²) in [4.78, 5) is 31.1. The van der Waals surface area contributed by atoms with Crippen LogP contribution in [0, 0.1) is 18.3 Å². The molecule has 0 aliphatic rings. The van der Waals surface area contributed by atoms with Crippen molar-refractivity contribution in [2.45, 2.75) is 32.6 Å². The number of alkyl halides is 3. The van der Waals surface area contributed by atoms with Crippen molar-refractivity contribution in [1.82, 2.24) is 35.1 Å². The van der Waals surface area contributed by atoms with Crippen LogP contribution >= 0.6 is 23.4 Å². The maximum atomic E-state index is 13.7. The van der Waals surface area contributed by atoms with E-state index in [1.54, 1.807) is 24.8 Å². The van der Waals surface area contributed by atoms with Crippen LogP contribution in [-0.4, -0.2) is 59.6 Å². The standard InChI is InChI=1S/C26H23ClF3N9O2S/c1-14-7-16(10-31)8-18(24(40)33-15(2)13-42-3)22(14)34-25(41)20-9-17(11-38-12-21(35-37-38)26(28,29)30)36-39(20)23-19(27)5-4-6-32-23/h4-9,12,15H,11,13H2,1-3H3,(H,33,40)(H,34,41)/t15-/m0/s1. The average molecular weight is 618 g/mol. The zero-order valence-electron chi connectivity index (χ0n) is 22.4. The summed E-state index contributed by atoms with van der Waals surface area (Å²) in [6, 6.07) is 9.18. The van der Waals surface area contributed by atoms with Crippen LogP contribution in [0.1, 0.15) is 50.3 Å². The largest absolute Gasteiger partial charge is 0.436 e. The molecule has 0 spiro atoms. The van der Waals surface area contributed by atoms with Crippen LogP contribution < -0.4 is 10.6 Å². The first-order chi connectivity index (χ1) is 19.9. The molecule has 0 bridgehead atoms. The van der Waals surface area contributed by atoms with E-state index >= 15 is 0 Å². The van der Waals surface area contributed by atoms with Gasteiger partial charge in [0.25, 0.3) is 11.8 Å². The van der Waals surface area contributed by atoms with E-state index in [1.807, 2.05) is 19.2 Å². The van der Waals surface area contributed by atoms with Crippen LogP contribution in [0.15, 0.2) is 42.7 Å². The molecule has 1 atom stereocenters. The van der Waals surface area contributed by atoms with Crippen LogP contribution in [0.25, 0.3) is 5.82 Å². The number of anilines is 1. The molecule has 0 aliphatic carbocycles. The molecule has 3 heterocycles. The van der Waals surface area contributed by atoms with E-state index in [1.165, 1.54) is 30.5 Å². The summed E-state index contributed by atoms with van der Waals surface area (Å²) in [7, 11) is 0. The lowest BCUT2D eigenvalue weighted by Crippen LogP contribution is -2.35. The number of nitriles is 1. The maximum Gasteiger partial charge on any atom is 0.436 e. The van der Waals surface area contributed by atoms with Crippen molar-refractivity contribution in [1.29, 1.82) is 5.26 Å². The molecule has 4 aromatic rings. The average Bonchev–Trinajstić information content (AvgIpc) is 3.57. The zero-order valence-corrected chi connectivity index (χ0v) is 24.0. The number of hydrogen-bond donors (Lipinski definition) is 2. The Hall–Kier alpha value is -4.42. The van der Waals surface area contributed by atoms with E-state index in [4.69, 9.17) is 11.6 Å². The second-order valence-corrected chi connectivity index (χ2v) is 10.5. The minimum Gasteiger partial charge on any atom is -0.349 e. The quantitative estimate of drug-likeness (QED) is 0.280. The normalized spacial score (nSPS) is 12.0. The highest BCUT2D eigenvalue weighted by molar-refractivity contribution is 7.98. The summed E-state index contributed by atoms with van der Waals surface area (Å²) in [5, 5.41) is 26.2. The van der Waals surface area contributed by atoms with Gasteiger partial charge in [0.15, 0.2) is 11.5 Å². The van der Waals surface area contributed by atoms with Gasteiger partial charge < -0.3 is 10.6 Å². The molecular weight excluding hydrogens is 595 g/mol. The van der Waals surface area contributed by atoms with E-state index < -0.39 is 23.7 Å². The Labute approximate surface area is 247 Å². The van der Waals surface area contributed by atoms with E-state index in [9.17, 15) is 28.0 Å². The van der Waals surface area contributed by atoms with Crippen molar-refractivity contribution in [2.75, 3.05) is 17.3 Å². The first-order valence-electron chi connectivity index (χ1n) is 12.2. The fraction of sp³-hybridized carbons (Fsp3) is 0.269. The molecule has 4 rings (SSSR count). The minimum absolute atomic E-state index is 0.0763. The van der Waals surface area contributed by atoms with Crippen molar-refractivity contribution in [3.63, 3.8) is 0 Å². The van der Waals surface area contributed by atoms with Gasteiger partial charge >= 0.3 is 6.18 Å². The van der Waals surface area contributed by atoms with Crippen LogP contribution in [-0.2, 0) is 12.7 Å². The number of aryl methyl sites for hydroxylation is 1. The molecule has 0 saturated carbocycles. The lowest BCUT2D eigenvalue weighted by molar-refractivity contribution is -0.141. The molecule has 0 radical (unpaired) electrons. The predicted molar refractivity (Wildman–Crippen MR) is 150 cm³/mol. The monoisotopic (exact) mass is 617 g/mol. The summed E-state index contributed by atoms with van der Waals surface area (Å²) in [5.41, 5.74) is -0.172. The summed E-state index contributed by atoms with van der Waals surface area (Å²) < 4.78 is 41.1. The highest BCUT2D eigenvalue weighted by Gasteiger charge is 2.34. The third-order valence-corrected chi connectivity index (χ3v) is 6.96. The number of nitrogens with zero attached hydrogens (tertiary/aromatic N) is 7. The maximum absolute atomic E-state index is 13.7. The number of carbonyl (C=O) groups is 2. The lowest BCUT2D eigenvalue weighted by Gasteiger charge is -2.17. The topological polar surface area (TPSA) is 143 Å². The number of aromatic nitrogens is 6. The van der Waals surface area contributed by atoms with Crippen molar-refractivity contribution in [3.05, 3.63) is 81.5 Å². The molecule has 0 aliphatic heterocycles. The second kappa shape index (κ2) is 12.6. The molecule has 42 heavy (non-hydrogen) atoms. The number of rotatable bonds is 9. The summed E-state index contributed by atoms with van der Waals surface area (Å²) in [6.07, 6.45) is -0.631. The van der Waals surface area contributed by atoms with Crippen molar-refractivity contribution in [2.24, 2.45) is 0 Å². The molecule has 0 unspecified atom stereocenters. The van der Waals surface area contributed by atoms with E-state index in [2.05, 4.69) is 31.0 Å². The number of amides is 2. The minimum atomic E-state index is -4.68. The fourth-order valence-electron chi connectivity index (χ4n) is 4.00. The Bertz CT molecular complexity index is 1680. The first kappa shape index (κ1) is 30.5. The van der Waals surface area contributed by atoms with Crippen LogP contribution in [0.5, 0.6) is 0 Å². The fourth-order valence-corrected chi connectivity index (χ4v) is 4.79. The highest BCUT2D eigenvalue weighted by Crippen LogP contribution is 2.28. The molecule has 1 aromatic carbocycles. The molecule has 11 nitrogen and oxygen atoms in total. The number of nitrogens with one attached hydrogen (secondary N) is 2. The number of halogens is 4. The smallest absolute Gasteiger partial charge is 0.349 e. The molecular formula is C26H23ClF3N9O2S. The number of hydrogen-bond acceptors (Lipinski definition) is 8. The van der Waals surface area contributed by atoms with Crippen LogP contribution in [0.4, 0.5) is 18.9 Å². The van der Waals surface area contributed by atoms with Crippen molar-refractivity contribution >= 4 is 40.9 Å². The Morgan fingerprint density at radius 3 is 2.64 bits per heavy atom. The van der Waals surface area contributed by atoms with Crippen LogP contribution in [0.2, 0.25) is 5.02 Å². The number of thioether (sulfide) groups is 1. The molecule has 218 valence electrons. The summed E-state index contributed by atoms with van der Waals surface area (Å²) in [6.45, 7) is 3.22. The van der Waals surface area contributed by atoms with Crippen molar-refractivity contribution < 1.29 is 22.8 Å². The Kier molecular flexibility index (Phi) is 9.17. The molecule has 0 saturated heterocycles. The zero-order chi connectivity index (χ0) is 30.6. The third kappa shape index (κ3) is 6.89. The van der Waals surface area contributed by atoms with Gasteiger partial charge in [0.2, 0.25) is 0 Å². The number of carbonyl (C=O) groups excluding carboxylic acids is 2. The van der Waals surface area contributed by atoms with Gasteiger partial charge in [0.05, 0.1) is 46.3 Å². The molecule has 2 amide bonds. The van der Waals surface area contributed by atoms with E-state index in [0.717, 1.165) is 15.6 Å². The van der Waals surface area contributed by atoms with Gasteiger partial charge in [-0.1, -0.05) is 16.8 Å². The van der Waals surface area contributed by atoms with Crippen LogP contribution in [0.3, 0.4) is 0 Å². The summed E-state index contributed by atoms with van der Waals surface area (Å²) >= 11 is 7.87. The van der Waals surface area contributed by atoms with Gasteiger partial charge in [-0.15, -0.1) is 5.10 Å². The van der Waals surface area contributed by atoms with Crippen molar-refractivity contribution in [3.8, 4) is 11.9 Å². The van der Waals surface area contributed by atoms with Gasteiger partial charge in [-0.05, 0) is 56.0 Å². The van der Waals surface area contributed by atoms with Gasteiger partial charge in [-0.25, -0.2) is 14.3 Å². The predicted octanol–water partition coefficient (Wildman–Crippen LogP) is 4.49. The highest BCUT2D eigenvalue weighted by atomic mass is 35.5. The molecule has 16 heteroatoms. The van der Waals surface area contributed by atoms with E-state index in [0.29, 0.717) is 11.3 Å². The number of pyridine rings is 1. The molecule has 3 aromatic heterocycles. The Morgan fingerprint density at radius 1 is 1.24 bits per heavy atom. The molecule has 0 fully saturated rings. The lowest BCUT2D eigenvalue weighted by atomic mass is 10.0. The second-order valence-electron chi connectivity index (χ2n) is 9.15. The van der Waals surface area contributed by atoms with E-state index in [-0.39, 0.29) is 51.6 Å².